The Morgan fingerprint density at radius 3 is 2.86 bits per heavy atom. The van der Waals surface area contributed by atoms with E-state index in [0.29, 0.717) is 17.4 Å². The molecule has 22 heavy (non-hydrogen) atoms. The van der Waals surface area contributed by atoms with E-state index in [9.17, 15) is 9.59 Å². The highest BCUT2D eigenvalue weighted by atomic mass is 16.5. The van der Waals surface area contributed by atoms with Crippen molar-refractivity contribution in [2.45, 2.75) is 6.61 Å². The fraction of sp³-hybridized carbons (Fsp3) is 0.118. The number of amides is 1. The first-order valence-electron chi connectivity index (χ1n) is 6.62. The number of nitrogens with zero attached hydrogens (tertiary/aromatic N) is 1. The number of carbonyl (C=O) groups is 2. The van der Waals surface area contributed by atoms with Gasteiger partial charge in [-0.25, -0.2) is 4.79 Å². The van der Waals surface area contributed by atoms with Crippen molar-refractivity contribution in [2.75, 3.05) is 6.54 Å². The number of carbonyl (C=O) groups excluding carboxylic acids is 2. The Morgan fingerprint density at radius 1 is 1.27 bits per heavy atom. The molecular weight excluding hydrogens is 280 g/mol. The van der Waals surface area contributed by atoms with E-state index in [1.165, 1.54) is 12.4 Å². The fourth-order valence-corrected chi connectivity index (χ4v) is 1.64. The summed E-state index contributed by atoms with van der Waals surface area (Å²) in [5, 5.41) is 2.52. The summed E-state index contributed by atoms with van der Waals surface area (Å²) in [6, 6.07) is 11.0. The Kier molecular flexibility index (Phi) is 5.70. The normalized spacial score (nSPS) is 9.27. The number of nitrogens with one attached hydrogen (secondary N) is 1. The molecule has 0 atom stereocenters. The summed E-state index contributed by atoms with van der Waals surface area (Å²) in [7, 11) is 0. The van der Waals surface area contributed by atoms with Gasteiger partial charge in [0.05, 0.1) is 12.1 Å². The van der Waals surface area contributed by atoms with E-state index in [1.807, 2.05) is 30.3 Å². The lowest BCUT2D eigenvalue weighted by atomic mass is 10.1. The van der Waals surface area contributed by atoms with Crippen LogP contribution in [-0.4, -0.2) is 23.9 Å². The molecule has 0 unspecified atom stereocenters. The molecule has 1 amide bonds. The molecule has 0 fully saturated rings. The van der Waals surface area contributed by atoms with Gasteiger partial charge >= 0.3 is 6.09 Å². The second-order valence-electron chi connectivity index (χ2n) is 4.30. The highest BCUT2D eigenvalue weighted by Crippen LogP contribution is 2.01. The van der Waals surface area contributed by atoms with Crippen LogP contribution in [-0.2, 0) is 11.3 Å². The van der Waals surface area contributed by atoms with E-state index in [2.05, 4.69) is 22.1 Å². The van der Waals surface area contributed by atoms with Gasteiger partial charge in [-0.05, 0) is 11.6 Å². The van der Waals surface area contributed by atoms with E-state index >= 15 is 0 Å². The Bertz CT molecular complexity index is 703. The van der Waals surface area contributed by atoms with E-state index in [-0.39, 0.29) is 13.2 Å². The number of alkyl carbamates (subject to hydrolysis) is 1. The zero-order valence-corrected chi connectivity index (χ0v) is 11.8. The van der Waals surface area contributed by atoms with E-state index in [1.54, 1.807) is 6.07 Å². The number of rotatable bonds is 4. The molecular formula is C17H14N2O3. The molecule has 0 aliphatic carbocycles. The summed E-state index contributed by atoms with van der Waals surface area (Å²) >= 11 is 0. The van der Waals surface area contributed by atoms with Crippen LogP contribution in [0.3, 0.4) is 0 Å². The van der Waals surface area contributed by atoms with Crippen LogP contribution in [0.15, 0.2) is 48.8 Å². The number of aromatic nitrogens is 1. The molecule has 2 rings (SSSR count). The predicted molar refractivity (Wildman–Crippen MR) is 81.1 cm³/mol. The third-order valence-corrected chi connectivity index (χ3v) is 2.74. The van der Waals surface area contributed by atoms with Gasteiger partial charge in [-0.2, -0.15) is 0 Å². The number of pyridine rings is 1. The SMILES string of the molecule is O=Cc1ccncc1C#CCNC(=O)OCc1ccccc1. The number of hydrogen-bond donors (Lipinski definition) is 1. The zero-order valence-electron chi connectivity index (χ0n) is 11.8. The second-order valence-corrected chi connectivity index (χ2v) is 4.30. The third kappa shape index (κ3) is 4.76. The summed E-state index contributed by atoms with van der Waals surface area (Å²) in [6.07, 6.45) is 3.20. The van der Waals surface area contributed by atoms with Gasteiger partial charge in [-0.1, -0.05) is 42.2 Å². The quantitative estimate of drug-likeness (QED) is 0.693. The summed E-state index contributed by atoms with van der Waals surface area (Å²) in [6.45, 7) is 0.332. The van der Waals surface area contributed by atoms with Gasteiger partial charge in [0.1, 0.15) is 6.61 Å². The van der Waals surface area contributed by atoms with Gasteiger partial charge in [-0.15, -0.1) is 0 Å². The number of benzene rings is 1. The van der Waals surface area contributed by atoms with Crippen LogP contribution in [0.1, 0.15) is 21.5 Å². The van der Waals surface area contributed by atoms with Gasteiger partial charge in [0, 0.05) is 18.0 Å². The smallest absolute Gasteiger partial charge is 0.408 e. The summed E-state index contributed by atoms with van der Waals surface area (Å²) in [5.74, 6) is 5.52. The standard InChI is InChI=1S/C17H14N2O3/c20-12-16-8-10-18-11-15(16)7-4-9-19-17(21)22-13-14-5-2-1-3-6-14/h1-3,5-6,8,10-12H,9,13H2,(H,19,21). The number of hydrogen-bond acceptors (Lipinski definition) is 4. The fourth-order valence-electron chi connectivity index (χ4n) is 1.64. The molecule has 5 heteroatoms. The molecule has 0 saturated carbocycles. The first-order chi connectivity index (χ1) is 10.8. The molecule has 110 valence electrons. The molecule has 2 aromatic rings. The van der Waals surface area contributed by atoms with E-state index < -0.39 is 6.09 Å². The minimum atomic E-state index is -0.542. The number of aldehydes is 1. The van der Waals surface area contributed by atoms with Crippen LogP contribution in [0, 0.1) is 11.8 Å². The highest BCUT2D eigenvalue weighted by molar-refractivity contribution is 5.78. The molecule has 1 aromatic carbocycles. The molecule has 0 radical (unpaired) electrons. The topological polar surface area (TPSA) is 68.3 Å². The van der Waals surface area contributed by atoms with Crippen molar-refractivity contribution >= 4 is 12.4 Å². The number of ether oxygens (including phenoxy) is 1. The highest BCUT2D eigenvalue weighted by Gasteiger charge is 2.00. The Morgan fingerprint density at radius 2 is 2.09 bits per heavy atom. The summed E-state index contributed by atoms with van der Waals surface area (Å²) in [4.78, 5) is 26.2. The maximum atomic E-state index is 11.5. The van der Waals surface area contributed by atoms with Crippen LogP contribution in [0.25, 0.3) is 0 Å². The molecule has 0 bridgehead atoms. The van der Waals surface area contributed by atoms with Crippen LogP contribution >= 0.6 is 0 Å². The molecule has 0 aliphatic heterocycles. The largest absolute Gasteiger partial charge is 0.445 e. The van der Waals surface area contributed by atoms with Crippen molar-refractivity contribution in [1.82, 2.24) is 10.3 Å². The minimum absolute atomic E-state index is 0.126. The van der Waals surface area contributed by atoms with Crippen LogP contribution in [0.5, 0.6) is 0 Å². The molecule has 0 saturated heterocycles. The third-order valence-electron chi connectivity index (χ3n) is 2.74. The summed E-state index contributed by atoms with van der Waals surface area (Å²) in [5.41, 5.74) is 1.90. The van der Waals surface area contributed by atoms with Crippen molar-refractivity contribution < 1.29 is 14.3 Å². The summed E-state index contributed by atoms with van der Waals surface area (Å²) < 4.78 is 5.04. The van der Waals surface area contributed by atoms with Gasteiger partial charge in [0.15, 0.2) is 6.29 Å². The maximum Gasteiger partial charge on any atom is 0.408 e. The van der Waals surface area contributed by atoms with Crippen LogP contribution < -0.4 is 5.32 Å². The molecule has 1 heterocycles. The van der Waals surface area contributed by atoms with Crippen molar-refractivity contribution in [3.8, 4) is 11.8 Å². The van der Waals surface area contributed by atoms with Gasteiger partial charge < -0.3 is 10.1 Å². The Labute approximate surface area is 128 Å². The van der Waals surface area contributed by atoms with E-state index in [4.69, 9.17) is 4.74 Å². The average molecular weight is 294 g/mol. The lowest BCUT2D eigenvalue weighted by Crippen LogP contribution is -2.24. The van der Waals surface area contributed by atoms with Gasteiger partial charge in [-0.3, -0.25) is 9.78 Å². The second kappa shape index (κ2) is 8.22. The van der Waals surface area contributed by atoms with Crippen LogP contribution in [0.2, 0.25) is 0 Å². The average Bonchev–Trinajstić information content (AvgIpc) is 2.58. The Hall–Kier alpha value is -3.13. The van der Waals surface area contributed by atoms with Crippen molar-refractivity contribution in [3.63, 3.8) is 0 Å². The van der Waals surface area contributed by atoms with Gasteiger partial charge in [0.25, 0.3) is 0 Å². The van der Waals surface area contributed by atoms with Crippen molar-refractivity contribution in [1.29, 1.82) is 0 Å². The minimum Gasteiger partial charge on any atom is -0.445 e. The lowest BCUT2D eigenvalue weighted by Gasteiger charge is -2.04. The Balaban J connectivity index is 1.78. The van der Waals surface area contributed by atoms with Crippen molar-refractivity contribution in [2.24, 2.45) is 0 Å². The molecule has 0 aliphatic rings. The first-order valence-corrected chi connectivity index (χ1v) is 6.62. The van der Waals surface area contributed by atoms with Crippen LogP contribution in [0.4, 0.5) is 4.79 Å². The monoisotopic (exact) mass is 294 g/mol. The maximum absolute atomic E-state index is 11.5. The molecule has 1 aromatic heterocycles. The molecule has 5 nitrogen and oxygen atoms in total. The van der Waals surface area contributed by atoms with Crippen molar-refractivity contribution in [3.05, 3.63) is 65.5 Å². The van der Waals surface area contributed by atoms with E-state index in [0.717, 1.165) is 5.56 Å². The first kappa shape index (κ1) is 15.3. The zero-order chi connectivity index (χ0) is 15.6. The van der Waals surface area contributed by atoms with Gasteiger partial charge in [0.2, 0.25) is 0 Å². The molecule has 1 N–H and O–H groups in total. The molecule has 0 spiro atoms. The lowest BCUT2D eigenvalue weighted by molar-refractivity contribution is 0.112. The predicted octanol–water partition coefficient (Wildman–Crippen LogP) is 2.17.